The number of ether oxygens (including phenoxy) is 1. The third kappa shape index (κ3) is 5.08. The van der Waals surface area contributed by atoms with Gasteiger partial charge in [-0.2, -0.15) is 17.4 Å². The van der Waals surface area contributed by atoms with Crippen LogP contribution in [-0.4, -0.2) is 60.3 Å². The lowest BCUT2D eigenvalue weighted by Crippen LogP contribution is -2.48. The molecular formula is C21H31N5O3S. The lowest BCUT2D eigenvalue weighted by atomic mass is 9.99. The second kappa shape index (κ2) is 9.55. The molecule has 3 heterocycles. The first-order chi connectivity index (χ1) is 14.5. The van der Waals surface area contributed by atoms with Gasteiger partial charge in [-0.3, -0.25) is 0 Å². The van der Waals surface area contributed by atoms with Crippen LogP contribution in [0.5, 0.6) is 0 Å². The third-order valence-electron chi connectivity index (χ3n) is 6.16. The monoisotopic (exact) mass is 433 g/mol. The zero-order chi connectivity index (χ0) is 21.0. The molecule has 1 aromatic heterocycles. The van der Waals surface area contributed by atoms with E-state index in [0.717, 1.165) is 56.7 Å². The van der Waals surface area contributed by atoms with E-state index < -0.39 is 10.2 Å². The van der Waals surface area contributed by atoms with Crippen LogP contribution in [0.15, 0.2) is 30.3 Å². The summed E-state index contributed by atoms with van der Waals surface area (Å²) < 4.78 is 37.7. The number of aromatic nitrogens is 3. The fourth-order valence-corrected chi connectivity index (χ4v) is 5.91. The molecule has 1 aromatic carbocycles. The van der Waals surface area contributed by atoms with Crippen LogP contribution in [0.1, 0.15) is 42.9 Å². The molecule has 2 aromatic rings. The van der Waals surface area contributed by atoms with Crippen molar-refractivity contribution in [1.82, 2.24) is 23.8 Å². The van der Waals surface area contributed by atoms with Gasteiger partial charge in [0.05, 0.1) is 0 Å². The van der Waals surface area contributed by atoms with Crippen molar-refractivity contribution in [2.75, 3.05) is 26.8 Å². The SMILES string of the molecule is COCC1CCN(S(=O)(=O)NC2CCc3nnc(Cc4ccccc4)n3CC2)CC1. The molecule has 1 N–H and O–H groups in total. The highest BCUT2D eigenvalue weighted by molar-refractivity contribution is 7.87. The summed E-state index contributed by atoms with van der Waals surface area (Å²) in [5.41, 5.74) is 1.20. The Morgan fingerprint density at radius 1 is 1.07 bits per heavy atom. The van der Waals surface area contributed by atoms with Crippen LogP contribution in [0.3, 0.4) is 0 Å². The first-order valence-corrected chi connectivity index (χ1v) is 12.2. The molecular weight excluding hydrogens is 402 g/mol. The van der Waals surface area contributed by atoms with Crippen LogP contribution in [-0.2, 0) is 34.3 Å². The molecule has 30 heavy (non-hydrogen) atoms. The molecule has 0 radical (unpaired) electrons. The number of nitrogens with one attached hydrogen (secondary N) is 1. The van der Waals surface area contributed by atoms with E-state index in [-0.39, 0.29) is 6.04 Å². The van der Waals surface area contributed by atoms with E-state index in [1.54, 1.807) is 11.4 Å². The lowest BCUT2D eigenvalue weighted by molar-refractivity contribution is 0.121. The number of aryl methyl sites for hydroxylation is 1. The summed E-state index contributed by atoms with van der Waals surface area (Å²) in [6.07, 6.45) is 4.65. The zero-order valence-electron chi connectivity index (χ0n) is 17.5. The van der Waals surface area contributed by atoms with Gasteiger partial charge in [-0.25, -0.2) is 0 Å². The maximum absolute atomic E-state index is 12.9. The van der Waals surface area contributed by atoms with E-state index in [2.05, 4.69) is 31.6 Å². The Kier molecular flexibility index (Phi) is 6.82. The topological polar surface area (TPSA) is 89.3 Å². The molecule has 0 bridgehead atoms. The van der Waals surface area contributed by atoms with Gasteiger partial charge in [0, 0.05) is 52.2 Å². The number of hydrogen-bond donors (Lipinski definition) is 1. The predicted octanol–water partition coefficient (Wildman–Crippen LogP) is 1.77. The molecule has 8 nitrogen and oxygen atoms in total. The second-order valence-corrected chi connectivity index (χ2v) is 9.99. The molecule has 1 atom stereocenters. The average Bonchev–Trinajstić information content (AvgIpc) is 3.01. The summed E-state index contributed by atoms with van der Waals surface area (Å²) in [5.74, 6) is 2.34. The van der Waals surface area contributed by atoms with Gasteiger partial charge >= 0.3 is 0 Å². The summed E-state index contributed by atoms with van der Waals surface area (Å²) in [5, 5.41) is 8.76. The van der Waals surface area contributed by atoms with Crippen molar-refractivity contribution in [3.63, 3.8) is 0 Å². The lowest BCUT2D eigenvalue weighted by Gasteiger charge is -2.32. The highest BCUT2D eigenvalue weighted by Gasteiger charge is 2.31. The van der Waals surface area contributed by atoms with Gasteiger partial charge in [-0.15, -0.1) is 10.2 Å². The maximum atomic E-state index is 12.9. The van der Waals surface area contributed by atoms with Crippen molar-refractivity contribution < 1.29 is 13.2 Å². The van der Waals surface area contributed by atoms with Gasteiger partial charge in [0.1, 0.15) is 11.6 Å². The Hall–Kier alpha value is -1.81. The number of hydrogen-bond acceptors (Lipinski definition) is 5. The van der Waals surface area contributed by atoms with Crippen molar-refractivity contribution in [2.45, 2.75) is 51.1 Å². The Bertz CT molecular complexity index is 923. The van der Waals surface area contributed by atoms with Gasteiger partial charge in [0.2, 0.25) is 0 Å². The molecule has 1 unspecified atom stereocenters. The normalized spacial score (nSPS) is 21.3. The van der Waals surface area contributed by atoms with Crippen molar-refractivity contribution in [1.29, 1.82) is 0 Å². The molecule has 0 aliphatic carbocycles. The van der Waals surface area contributed by atoms with E-state index in [1.165, 1.54) is 5.56 Å². The van der Waals surface area contributed by atoms with E-state index >= 15 is 0 Å². The summed E-state index contributed by atoms with van der Waals surface area (Å²) in [7, 11) is -1.77. The summed E-state index contributed by atoms with van der Waals surface area (Å²) >= 11 is 0. The molecule has 2 aliphatic rings. The average molecular weight is 434 g/mol. The Balaban J connectivity index is 1.35. The minimum absolute atomic E-state index is 0.0852. The Morgan fingerprint density at radius 3 is 2.57 bits per heavy atom. The molecule has 164 valence electrons. The number of rotatable bonds is 7. The van der Waals surface area contributed by atoms with E-state index in [0.29, 0.717) is 25.6 Å². The summed E-state index contributed by atoms with van der Waals surface area (Å²) in [6.45, 7) is 2.55. The van der Waals surface area contributed by atoms with Crippen LogP contribution in [0, 0.1) is 5.92 Å². The fraction of sp³-hybridized carbons (Fsp3) is 0.619. The maximum Gasteiger partial charge on any atom is 0.279 e. The standard InChI is InChI=1S/C21H31N5O3S/c1-29-16-18-9-12-25(13-10-18)30(27,28)24-19-7-8-20-22-23-21(26(20)14-11-19)15-17-5-3-2-4-6-17/h2-6,18-19,24H,7-16H2,1H3. The molecule has 1 saturated heterocycles. The highest BCUT2D eigenvalue weighted by Crippen LogP contribution is 2.22. The fourth-order valence-electron chi connectivity index (χ4n) is 4.41. The number of methoxy groups -OCH3 is 1. The number of piperidine rings is 1. The van der Waals surface area contributed by atoms with Crippen LogP contribution in [0.25, 0.3) is 0 Å². The summed E-state index contributed by atoms with van der Waals surface area (Å²) in [6, 6.07) is 10.1. The molecule has 9 heteroatoms. The van der Waals surface area contributed by atoms with E-state index in [4.69, 9.17) is 4.74 Å². The van der Waals surface area contributed by atoms with E-state index in [9.17, 15) is 8.42 Å². The van der Waals surface area contributed by atoms with Crippen molar-refractivity contribution in [3.05, 3.63) is 47.5 Å². The predicted molar refractivity (Wildman–Crippen MR) is 114 cm³/mol. The third-order valence-corrected chi connectivity index (χ3v) is 7.83. The highest BCUT2D eigenvalue weighted by atomic mass is 32.2. The van der Waals surface area contributed by atoms with Crippen LogP contribution >= 0.6 is 0 Å². The van der Waals surface area contributed by atoms with Gasteiger partial charge in [0.15, 0.2) is 0 Å². The quantitative estimate of drug-likeness (QED) is 0.719. The molecule has 1 fully saturated rings. The van der Waals surface area contributed by atoms with Crippen LogP contribution in [0.2, 0.25) is 0 Å². The van der Waals surface area contributed by atoms with Gasteiger partial charge in [0.25, 0.3) is 10.2 Å². The van der Waals surface area contributed by atoms with Crippen LogP contribution < -0.4 is 4.72 Å². The van der Waals surface area contributed by atoms with Crippen molar-refractivity contribution in [3.8, 4) is 0 Å². The largest absolute Gasteiger partial charge is 0.384 e. The second-order valence-electron chi connectivity index (χ2n) is 8.29. The first-order valence-electron chi connectivity index (χ1n) is 10.8. The van der Waals surface area contributed by atoms with Gasteiger partial charge in [-0.05, 0) is 37.2 Å². The number of fused-ring (bicyclic) bond motifs is 1. The molecule has 0 saturated carbocycles. The van der Waals surface area contributed by atoms with Gasteiger partial charge < -0.3 is 9.30 Å². The minimum atomic E-state index is -3.47. The zero-order valence-corrected chi connectivity index (χ0v) is 18.4. The van der Waals surface area contributed by atoms with Gasteiger partial charge in [-0.1, -0.05) is 30.3 Å². The first kappa shape index (κ1) is 21.4. The molecule has 2 aliphatic heterocycles. The minimum Gasteiger partial charge on any atom is -0.384 e. The Morgan fingerprint density at radius 2 is 1.83 bits per heavy atom. The molecule has 0 spiro atoms. The molecule has 0 amide bonds. The van der Waals surface area contributed by atoms with E-state index in [1.807, 2.05) is 18.2 Å². The number of nitrogens with zero attached hydrogens (tertiary/aromatic N) is 4. The summed E-state index contributed by atoms with van der Waals surface area (Å²) in [4.78, 5) is 0. The molecule has 4 rings (SSSR count). The van der Waals surface area contributed by atoms with Crippen LogP contribution in [0.4, 0.5) is 0 Å². The van der Waals surface area contributed by atoms with Crippen molar-refractivity contribution in [2.24, 2.45) is 5.92 Å². The Labute approximate surface area is 178 Å². The smallest absolute Gasteiger partial charge is 0.279 e. The number of benzene rings is 1. The van der Waals surface area contributed by atoms with Crippen molar-refractivity contribution >= 4 is 10.2 Å².